The zero-order chi connectivity index (χ0) is 13.2. The molecule has 1 aromatic rings. The Morgan fingerprint density at radius 1 is 1.47 bits per heavy atom. The third-order valence-corrected chi connectivity index (χ3v) is 5.58. The van der Waals surface area contributed by atoms with E-state index in [1.807, 2.05) is 0 Å². The van der Waals surface area contributed by atoms with E-state index in [0.717, 1.165) is 11.3 Å². The topological polar surface area (TPSA) is 83.5 Å². The molecular weight excluding hydrogens is 330 g/mol. The van der Waals surface area contributed by atoms with E-state index in [1.165, 1.54) is 6.07 Å². The average molecular weight is 342 g/mol. The van der Waals surface area contributed by atoms with Crippen molar-refractivity contribution in [1.29, 1.82) is 0 Å². The second kappa shape index (κ2) is 5.47. The lowest BCUT2D eigenvalue weighted by Crippen LogP contribution is -2.43. The van der Waals surface area contributed by atoms with Gasteiger partial charge in [0.25, 0.3) is 10.0 Å². The second-order valence-electron chi connectivity index (χ2n) is 3.74. The van der Waals surface area contributed by atoms with Crippen LogP contribution >= 0.6 is 27.3 Å². The van der Waals surface area contributed by atoms with Gasteiger partial charge in [-0.15, -0.1) is 11.3 Å². The number of halogens is 1. The molecule has 0 radical (unpaired) electrons. The third-order valence-electron chi connectivity index (χ3n) is 2.03. The molecule has 1 rings (SSSR count). The van der Waals surface area contributed by atoms with E-state index in [2.05, 4.69) is 20.7 Å². The highest BCUT2D eigenvalue weighted by atomic mass is 79.9. The standard InChI is InChI=1S/C9H12BrNO4S2/c1-5(2)8(9(12)13)11-17(14,15)7-4-3-6(10)16-7/h3-5,8,11H,1-2H3,(H,12,13)/t8-/m0/s1. The van der Waals surface area contributed by atoms with Crippen molar-refractivity contribution in [2.24, 2.45) is 5.92 Å². The Labute approximate surface area is 112 Å². The SMILES string of the molecule is CC(C)[C@H](NS(=O)(=O)c1ccc(Br)s1)C(=O)O. The summed E-state index contributed by atoms with van der Waals surface area (Å²) in [5.41, 5.74) is 0. The first-order valence-electron chi connectivity index (χ1n) is 4.74. The number of aliphatic carboxylic acids is 1. The third kappa shape index (κ3) is 3.77. The van der Waals surface area contributed by atoms with Gasteiger partial charge in [0, 0.05) is 0 Å². The van der Waals surface area contributed by atoms with Crippen LogP contribution in [0.15, 0.2) is 20.1 Å². The van der Waals surface area contributed by atoms with Gasteiger partial charge in [-0.2, -0.15) is 4.72 Å². The zero-order valence-electron chi connectivity index (χ0n) is 9.18. The lowest BCUT2D eigenvalue weighted by Gasteiger charge is -2.17. The van der Waals surface area contributed by atoms with E-state index in [0.29, 0.717) is 3.79 Å². The van der Waals surface area contributed by atoms with Gasteiger partial charge >= 0.3 is 5.97 Å². The Kier molecular flexibility index (Phi) is 4.70. The maximum absolute atomic E-state index is 11.9. The van der Waals surface area contributed by atoms with Crippen molar-refractivity contribution in [1.82, 2.24) is 4.72 Å². The Morgan fingerprint density at radius 3 is 2.41 bits per heavy atom. The maximum atomic E-state index is 11.9. The van der Waals surface area contributed by atoms with Crippen LogP contribution in [0.25, 0.3) is 0 Å². The Balaban J connectivity index is 2.97. The van der Waals surface area contributed by atoms with Crippen molar-refractivity contribution in [3.63, 3.8) is 0 Å². The number of hydrogen-bond donors (Lipinski definition) is 2. The van der Waals surface area contributed by atoms with E-state index >= 15 is 0 Å². The predicted octanol–water partition coefficient (Wildman–Crippen LogP) is 1.90. The summed E-state index contributed by atoms with van der Waals surface area (Å²) in [4.78, 5) is 10.9. The molecule has 0 saturated heterocycles. The molecule has 1 aromatic heterocycles. The van der Waals surface area contributed by atoms with Gasteiger partial charge in [-0.3, -0.25) is 4.79 Å². The predicted molar refractivity (Wildman–Crippen MR) is 68.6 cm³/mol. The van der Waals surface area contributed by atoms with Gasteiger partial charge in [-0.1, -0.05) is 13.8 Å². The Bertz CT molecular complexity index is 509. The number of thiophene rings is 1. The molecule has 0 saturated carbocycles. The summed E-state index contributed by atoms with van der Waals surface area (Å²) >= 11 is 4.19. The number of sulfonamides is 1. The maximum Gasteiger partial charge on any atom is 0.322 e. The van der Waals surface area contributed by atoms with Gasteiger partial charge in [0.2, 0.25) is 0 Å². The minimum atomic E-state index is -3.77. The number of carbonyl (C=O) groups is 1. The first kappa shape index (κ1) is 14.6. The first-order valence-corrected chi connectivity index (χ1v) is 7.84. The Morgan fingerprint density at radius 2 is 2.06 bits per heavy atom. The van der Waals surface area contributed by atoms with Crippen LogP contribution in [-0.2, 0) is 14.8 Å². The highest BCUT2D eigenvalue weighted by Gasteiger charge is 2.28. The van der Waals surface area contributed by atoms with Crippen LogP contribution in [0.3, 0.4) is 0 Å². The fraction of sp³-hybridized carbons (Fsp3) is 0.444. The number of nitrogens with one attached hydrogen (secondary N) is 1. The minimum absolute atomic E-state index is 0.0938. The number of carboxylic acids is 1. The highest BCUT2D eigenvalue weighted by Crippen LogP contribution is 2.26. The summed E-state index contributed by atoms with van der Waals surface area (Å²) in [6, 6.07) is 1.90. The normalized spacial score (nSPS) is 13.9. The van der Waals surface area contributed by atoms with Gasteiger partial charge in [0.05, 0.1) is 3.79 Å². The molecule has 1 atom stereocenters. The fourth-order valence-corrected chi connectivity index (χ4v) is 4.50. The molecular formula is C9H12BrNO4S2. The molecule has 0 fully saturated rings. The lowest BCUT2D eigenvalue weighted by atomic mass is 10.1. The van der Waals surface area contributed by atoms with Crippen molar-refractivity contribution in [2.45, 2.75) is 24.1 Å². The molecule has 0 spiro atoms. The molecule has 0 bridgehead atoms. The molecule has 17 heavy (non-hydrogen) atoms. The number of carboxylic acid groups (broad SMARTS) is 1. The van der Waals surface area contributed by atoms with E-state index < -0.39 is 22.0 Å². The van der Waals surface area contributed by atoms with Crippen molar-refractivity contribution in [2.75, 3.05) is 0 Å². The molecule has 0 aromatic carbocycles. The van der Waals surface area contributed by atoms with Crippen LogP contribution < -0.4 is 4.72 Å². The smallest absolute Gasteiger partial charge is 0.322 e. The molecule has 0 aliphatic heterocycles. The lowest BCUT2D eigenvalue weighted by molar-refractivity contribution is -0.140. The molecule has 0 unspecified atom stereocenters. The molecule has 8 heteroatoms. The first-order chi connectivity index (χ1) is 7.74. The average Bonchev–Trinajstić information content (AvgIpc) is 2.61. The van der Waals surface area contributed by atoms with Crippen LogP contribution in [0.1, 0.15) is 13.8 Å². The molecule has 0 aliphatic carbocycles. The molecule has 1 heterocycles. The molecule has 0 amide bonds. The fourth-order valence-electron chi connectivity index (χ4n) is 1.14. The van der Waals surface area contributed by atoms with Crippen LogP contribution in [0.5, 0.6) is 0 Å². The van der Waals surface area contributed by atoms with Crippen molar-refractivity contribution >= 4 is 43.3 Å². The van der Waals surface area contributed by atoms with Crippen LogP contribution in [0.2, 0.25) is 0 Å². The van der Waals surface area contributed by atoms with Crippen molar-refractivity contribution < 1.29 is 18.3 Å². The van der Waals surface area contributed by atoms with Crippen molar-refractivity contribution in [3.05, 3.63) is 15.9 Å². The van der Waals surface area contributed by atoms with Gasteiger partial charge in [-0.05, 0) is 34.0 Å². The van der Waals surface area contributed by atoms with Gasteiger partial charge < -0.3 is 5.11 Å². The van der Waals surface area contributed by atoms with Gasteiger partial charge in [0.1, 0.15) is 10.3 Å². The molecule has 96 valence electrons. The summed E-state index contributed by atoms with van der Waals surface area (Å²) in [5, 5.41) is 8.93. The zero-order valence-corrected chi connectivity index (χ0v) is 12.4. The summed E-state index contributed by atoms with van der Waals surface area (Å²) in [6.07, 6.45) is 0. The molecule has 2 N–H and O–H groups in total. The number of rotatable bonds is 5. The Hall–Kier alpha value is -0.440. The summed E-state index contributed by atoms with van der Waals surface area (Å²) in [5.74, 6) is -1.51. The second-order valence-corrected chi connectivity index (χ2v) is 8.14. The number of hydrogen-bond acceptors (Lipinski definition) is 4. The van der Waals surface area contributed by atoms with Crippen LogP contribution in [0, 0.1) is 5.92 Å². The van der Waals surface area contributed by atoms with Gasteiger partial charge in [-0.25, -0.2) is 8.42 Å². The molecule has 5 nitrogen and oxygen atoms in total. The quantitative estimate of drug-likeness (QED) is 0.856. The van der Waals surface area contributed by atoms with E-state index in [-0.39, 0.29) is 10.1 Å². The van der Waals surface area contributed by atoms with Crippen LogP contribution in [-0.4, -0.2) is 25.5 Å². The highest BCUT2D eigenvalue weighted by molar-refractivity contribution is 9.11. The monoisotopic (exact) mass is 341 g/mol. The van der Waals surface area contributed by atoms with Crippen molar-refractivity contribution in [3.8, 4) is 0 Å². The van der Waals surface area contributed by atoms with E-state index in [4.69, 9.17) is 5.11 Å². The summed E-state index contributed by atoms with van der Waals surface area (Å²) in [7, 11) is -3.77. The molecule has 0 aliphatic rings. The largest absolute Gasteiger partial charge is 0.480 e. The summed E-state index contributed by atoms with van der Waals surface area (Å²) in [6.45, 7) is 3.29. The van der Waals surface area contributed by atoms with Crippen LogP contribution in [0.4, 0.5) is 0 Å². The van der Waals surface area contributed by atoms with E-state index in [1.54, 1.807) is 19.9 Å². The summed E-state index contributed by atoms with van der Waals surface area (Å²) < 4.78 is 26.7. The van der Waals surface area contributed by atoms with Gasteiger partial charge in [0.15, 0.2) is 0 Å². The van der Waals surface area contributed by atoms with E-state index in [9.17, 15) is 13.2 Å². The minimum Gasteiger partial charge on any atom is -0.480 e.